The quantitative estimate of drug-likeness (QED) is 0.133. The molecular weight excluding hydrogens is 524 g/mol. The number of rotatable bonds is 10. The summed E-state index contributed by atoms with van der Waals surface area (Å²) in [5, 5.41) is 4.78. The number of hydrogen-bond donors (Lipinski definition) is 1. The predicted molar refractivity (Wildman–Crippen MR) is 139 cm³/mol. The summed E-state index contributed by atoms with van der Waals surface area (Å²) < 4.78 is 11.7. The average molecular weight is 546 g/mol. The molecule has 8 heteroatoms. The summed E-state index contributed by atoms with van der Waals surface area (Å²) in [7, 11) is 1.56. The van der Waals surface area contributed by atoms with Gasteiger partial charge in [-0.2, -0.15) is 5.10 Å². The lowest BCUT2D eigenvalue weighted by atomic mass is 10.1. The Kier molecular flexibility index (Phi) is 9.42. The third-order valence-electron chi connectivity index (χ3n) is 4.41. The average Bonchev–Trinajstić information content (AvgIpc) is 2.83. The molecule has 1 amide bonds. The Hall–Kier alpha value is -2.74. The van der Waals surface area contributed by atoms with Gasteiger partial charge in [-0.1, -0.05) is 36.4 Å². The van der Waals surface area contributed by atoms with Crippen molar-refractivity contribution in [3.8, 4) is 11.5 Å². The Bertz CT molecular complexity index is 1140. The molecule has 0 aliphatic heterocycles. The Morgan fingerprint density at radius 3 is 2.58 bits per heavy atom. The van der Waals surface area contributed by atoms with Crippen LogP contribution in [0.5, 0.6) is 11.5 Å². The van der Waals surface area contributed by atoms with Crippen LogP contribution < -0.4 is 14.9 Å². The van der Waals surface area contributed by atoms with Gasteiger partial charge in [-0.05, 0) is 75.6 Å². The van der Waals surface area contributed by atoms with Gasteiger partial charge in [-0.15, -0.1) is 11.8 Å². The van der Waals surface area contributed by atoms with Gasteiger partial charge in [-0.25, -0.2) is 5.43 Å². The van der Waals surface area contributed by atoms with Crippen LogP contribution in [-0.4, -0.2) is 25.8 Å². The number of methoxy groups -OCH3 is 1. The zero-order valence-electron chi connectivity index (χ0n) is 17.9. The molecular formula is C25H22BrClN2O3S. The van der Waals surface area contributed by atoms with Gasteiger partial charge in [0.15, 0.2) is 11.5 Å². The van der Waals surface area contributed by atoms with Crippen LogP contribution in [0.15, 0.2) is 87.8 Å². The highest BCUT2D eigenvalue weighted by Gasteiger charge is 2.11. The first kappa shape index (κ1) is 24.9. The zero-order valence-corrected chi connectivity index (χ0v) is 21.0. The van der Waals surface area contributed by atoms with Crippen molar-refractivity contribution < 1.29 is 14.3 Å². The van der Waals surface area contributed by atoms with Crippen LogP contribution in [0.3, 0.4) is 0 Å². The van der Waals surface area contributed by atoms with Crippen molar-refractivity contribution in [2.24, 2.45) is 5.10 Å². The number of carbonyl (C=O) groups is 1. The molecule has 0 aliphatic rings. The molecule has 170 valence electrons. The molecule has 0 radical (unpaired) electrons. The number of hydrazone groups is 1. The lowest BCUT2D eigenvalue weighted by molar-refractivity contribution is 0.0955. The fourth-order valence-electron chi connectivity index (χ4n) is 2.78. The molecule has 0 fully saturated rings. The first-order valence-corrected chi connectivity index (χ1v) is 12.1. The van der Waals surface area contributed by atoms with E-state index >= 15 is 0 Å². The number of nitrogens with one attached hydrogen (secondary N) is 1. The molecule has 0 unspecified atom stereocenters. The fourth-order valence-corrected chi connectivity index (χ4v) is 4.33. The topological polar surface area (TPSA) is 59.9 Å². The Morgan fingerprint density at radius 1 is 1.18 bits per heavy atom. The van der Waals surface area contributed by atoms with Crippen LogP contribution in [0.2, 0.25) is 5.02 Å². The van der Waals surface area contributed by atoms with E-state index in [1.165, 1.54) is 0 Å². The highest BCUT2D eigenvalue weighted by molar-refractivity contribution is 9.10. The van der Waals surface area contributed by atoms with Crippen LogP contribution in [-0.2, 0) is 5.75 Å². The predicted octanol–water partition coefficient (Wildman–Crippen LogP) is 6.73. The van der Waals surface area contributed by atoms with Gasteiger partial charge in [0.25, 0.3) is 5.91 Å². The summed E-state index contributed by atoms with van der Waals surface area (Å²) in [6.45, 7) is 4.00. The number of nitrogens with zero attached hydrogens (tertiary/aromatic N) is 1. The van der Waals surface area contributed by atoms with Gasteiger partial charge in [0, 0.05) is 21.2 Å². The SMILES string of the molecule is C=CCOc1c(Br)cc(/C=N\NC(=O)c2ccc(CSc3ccc(Cl)cc3)cc2)cc1OC. The second-order valence-electron chi connectivity index (χ2n) is 6.77. The molecule has 0 atom stereocenters. The normalized spacial score (nSPS) is 10.8. The van der Waals surface area contributed by atoms with Gasteiger partial charge >= 0.3 is 0 Å². The van der Waals surface area contributed by atoms with Crippen molar-refractivity contribution >= 4 is 51.4 Å². The first-order chi connectivity index (χ1) is 16.0. The molecule has 0 aromatic heterocycles. The number of benzene rings is 3. The highest BCUT2D eigenvalue weighted by atomic mass is 79.9. The summed E-state index contributed by atoms with van der Waals surface area (Å²) in [5.74, 6) is 1.63. The molecule has 0 aliphatic carbocycles. The molecule has 3 aromatic rings. The second-order valence-corrected chi connectivity index (χ2v) is 9.11. The van der Waals surface area contributed by atoms with Crippen molar-refractivity contribution in [2.45, 2.75) is 10.6 Å². The minimum atomic E-state index is -0.292. The number of halogens is 2. The smallest absolute Gasteiger partial charge is 0.271 e. The minimum absolute atomic E-state index is 0.292. The molecule has 0 bridgehead atoms. The summed E-state index contributed by atoms with van der Waals surface area (Å²) in [4.78, 5) is 13.6. The largest absolute Gasteiger partial charge is 0.493 e. The summed E-state index contributed by atoms with van der Waals surface area (Å²) in [5.41, 5.74) is 4.93. The van der Waals surface area contributed by atoms with E-state index in [1.807, 2.05) is 42.5 Å². The van der Waals surface area contributed by atoms with E-state index < -0.39 is 0 Å². The van der Waals surface area contributed by atoms with Crippen molar-refractivity contribution in [3.05, 3.63) is 99.5 Å². The van der Waals surface area contributed by atoms with E-state index in [9.17, 15) is 4.79 Å². The number of carbonyl (C=O) groups excluding carboxylic acids is 1. The van der Waals surface area contributed by atoms with Gasteiger partial charge in [0.1, 0.15) is 6.61 Å². The standard InChI is InChI=1S/C25H22BrClN2O3S/c1-3-12-32-24-22(26)13-18(14-23(24)31-2)15-28-29-25(30)19-6-4-17(5-7-19)16-33-21-10-8-20(27)9-11-21/h3-11,13-15H,1,12,16H2,2H3,(H,29,30)/b28-15-. The fraction of sp³-hybridized carbons (Fsp3) is 0.120. The number of thioether (sulfide) groups is 1. The van der Waals surface area contributed by atoms with Gasteiger partial charge < -0.3 is 9.47 Å². The van der Waals surface area contributed by atoms with Crippen LogP contribution >= 0.6 is 39.3 Å². The van der Waals surface area contributed by atoms with Crippen molar-refractivity contribution in [2.75, 3.05) is 13.7 Å². The molecule has 3 aromatic carbocycles. The van der Waals surface area contributed by atoms with E-state index in [0.717, 1.165) is 26.8 Å². The van der Waals surface area contributed by atoms with Crippen LogP contribution in [0, 0.1) is 0 Å². The molecule has 0 spiro atoms. The van der Waals surface area contributed by atoms with E-state index in [4.69, 9.17) is 21.1 Å². The summed E-state index contributed by atoms with van der Waals surface area (Å²) in [6, 6.07) is 18.8. The van der Waals surface area contributed by atoms with Gasteiger partial charge in [0.05, 0.1) is 17.8 Å². The number of ether oxygens (including phenoxy) is 2. The van der Waals surface area contributed by atoms with E-state index in [-0.39, 0.29) is 5.91 Å². The monoisotopic (exact) mass is 544 g/mol. The highest BCUT2D eigenvalue weighted by Crippen LogP contribution is 2.36. The van der Waals surface area contributed by atoms with Crippen LogP contribution in [0.4, 0.5) is 0 Å². The molecule has 0 heterocycles. The van der Waals surface area contributed by atoms with E-state index in [1.54, 1.807) is 49.4 Å². The van der Waals surface area contributed by atoms with E-state index in [2.05, 4.69) is 33.0 Å². The molecule has 33 heavy (non-hydrogen) atoms. The summed E-state index contributed by atoms with van der Waals surface area (Å²) in [6.07, 6.45) is 3.20. The molecule has 3 rings (SSSR count). The first-order valence-electron chi connectivity index (χ1n) is 9.92. The molecule has 5 nitrogen and oxygen atoms in total. The maximum Gasteiger partial charge on any atom is 0.271 e. The van der Waals surface area contributed by atoms with Crippen molar-refractivity contribution in [1.29, 1.82) is 0 Å². The van der Waals surface area contributed by atoms with Gasteiger partial charge in [-0.3, -0.25) is 4.79 Å². The Balaban J connectivity index is 1.57. The third-order valence-corrected chi connectivity index (χ3v) is 6.34. The minimum Gasteiger partial charge on any atom is -0.493 e. The molecule has 1 N–H and O–H groups in total. The number of hydrogen-bond acceptors (Lipinski definition) is 5. The second kappa shape index (κ2) is 12.5. The van der Waals surface area contributed by atoms with Crippen molar-refractivity contribution in [3.63, 3.8) is 0 Å². The number of amides is 1. The Labute approximate surface area is 211 Å². The van der Waals surface area contributed by atoms with Gasteiger partial charge in [0.2, 0.25) is 0 Å². The molecule has 0 saturated heterocycles. The maximum absolute atomic E-state index is 12.4. The van der Waals surface area contributed by atoms with Crippen molar-refractivity contribution in [1.82, 2.24) is 5.43 Å². The van der Waals surface area contributed by atoms with Crippen LogP contribution in [0.25, 0.3) is 0 Å². The maximum atomic E-state index is 12.4. The summed E-state index contributed by atoms with van der Waals surface area (Å²) >= 11 is 11.1. The Morgan fingerprint density at radius 2 is 1.91 bits per heavy atom. The zero-order chi connectivity index (χ0) is 23.6. The lowest BCUT2D eigenvalue weighted by Gasteiger charge is -2.12. The van der Waals surface area contributed by atoms with E-state index in [0.29, 0.717) is 28.1 Å². The third kappa shape index (κ3) is 7.39. The lowest BCUT2D eigenvalue weighted by Crippen LogP contribution is -2.17. The van der Waals surface area contributed by atoms with Crippen LogP contribution in [0.1, 0.15) is 21.5 Å². The molecule has 0 saturated carbocycles.